The Labute approximate surface area is 95.2 Å². The van der Waals surface area contributed by atoms with Gasteiger partial charge in [0.05, 0.1) is 18.5 Å². The number of anilines is 1. The van der Waals surface area contributed by atoms with Crippen molar-refractivity contribution in [3.05, 3.63) is 52.6 Å². The van der Waals surface area contributed by atoms with E-state index in [1.165, 1.54) is 6.07 Å². The first kappa shape index (κ1) is 10.2. The van der Waals surface area contributed by atoms with Gasteiger partial charge in [-0.2, -0.15) is 0 Å². The van der Waals surface area contributed by atoms with Crippen molar-refractivity contribution in [2.24, 2.45) is 0 Å². The molecule has 0 radical (unpaired) electrons. The Balaban J connectivity index is 2.05. The van der Waals surface area contributed by atoms with Crippen LogP contribution in [0.25, 0.3) is 0 Å². The van der Waals surface area contributed by atoms with Gasteiger partial charge in [-0.05, 0) is 30.3 Å². The highest BCUT2D eigenvalue weighted by Crippen LogP contribution is 2.19. The predicted molar refractivity (Wildman–Crippen MR) is 60.1 cm³/mol. The average Bonchev–Trinajstić information content (AvgIpc) is 2.69. The summed E-state index contributed by atoms with van der Waals surface area (Å²) in [6.07, 6.45) is 1.59. The van der Waals surface area contributed by atoms with E-state index in [4.69, 9.17) is 4.42 Å². The van der Waals surface area contributed by atoms with Crippen molar-refractivity contribution in [2.45, 2.75) is 6.54 Å². The number of nitrogens with one attached hydrogen (secondary N) is 1. The van der Waals surface area contributed by atoms with E-state index in [0.29, 0.717) is 12.2 Å². The minimum absolute atomic E-state index is 0.282. The lowest BCUT2D eigenvalue weighted by Crippen LogP contribution is -2.00. The summed E-state index contributed by atoms with van der Waals surface area (Å²) < 4.78 is 19.2. The Bertz CT molecular complexity index is 442. The molecule has 0 unspecified atom stereocenters. The molecule has 1 aromatic heterocycles. The number of hydrogen-bond donors (Lipinski definition) is 1. The van der Waals surface area contributed by atoms with Crippen molar-refractivity contribution in [3.63, 3.8) is 0 Å². The van der Waals surface area contributed by atoms with Gasteiger partial charge >= 0.3 is 0 Å². The van der Waals surface area contributed by atoms with Crippen molar-refractivity contribution in [1.29, 1.82) is 0 Å². The highest BCUT2D eigenvalue weighted by atomic mass is 79.9. The fourth-order valence-electron chi connectivity index (χ4n) is 1.23. The van der Waals surface area contributed by atoms with Gasteiger partial charge in [-0.1, -0.05) is 15.9 Å². The minimum atomic E-state index is -0.282. The molecule has 0 aliphatic heterocycles. The molecule has 0 fully saturated rings. The average molecular weight is 270 g/mol. The molecular formula is C11H9BrFNO. The monoisotopic (exact) mass is 269 g/mol. The first-order valence-corrected chi connectivity index (χ1v) is 5.26. The number of halogens is 2. The summed E-state index contributed by atoms with van der Waals surface area (Å²) in [5.74, 6) is 0.494. The van der Waals surface area contributed by atoms with Crippen LogP contribution < -0.4 is 5.32 Å². The third-order valence-electron chi connectivity index (χ3n) is 1.96. The molecule has 0 atom stereocenters. The maximum absolute atomic E-state index is 13.4. The fourth-order valence-corrected chi connectivity index (χ4v) is 1.56. The summed E-state index contributed by atoms with van der Waals surface area (Å²) in [7, 11) is 0. The zero-order chi connectivity index (χ0) is 10.7. The molecule has 0 aliphatic rings. The molecule has 0 bridgehead atoms. The highest BCUT2D eigenvalue weighted by molar-refractivity contribution is 9.10. The normalized spacial score (nSPS) is 10.3. The molecule has 2 nitrogen and oxygen atoms in total. The molecular weight excluding hydrogens is 261 g/mol. The summed E-state index contributed by atoms with van der Waals surface area (Å²) in [5.41, 5.74) is 0.467. The second-order valence-electron chi connectivity index (χ2n) is 3.06. The van der Waals surface area contributed by atoms with Crippen LogP contribution in [0.2, 0.25) is 0 Å². The van der Waals surface area contributed by atoms with Gasteiger partial charge in [0, 0.05) is 4.47 Å². The van der Waals surface area contributed by atoms with E-state index in [9.17, 15) is 4.39 Å². The van der Waals surface area contributed by atoms with Crippen LogP contribution in [0.15, 0.2) is 45.5 Å². The lowest BCUT2D eigenvalue weighted by Gasteiger charge is -2.05. The van der Waals surface area contributed by atoms with Crippen molar-refractivity contribution in [2.75, 3.05) is 5.32 Å². The largest absolute Gasteiger partial charge is 0.467 e. The van der Waals surface area contributed by atoms with E-state index in [2.05, 4.69) is 21.2 Å². The van der Waals surface area contributed by atoms with Gasteiger partial charge in [-0.25, -0.2) is 4.39 Å². The molecule has 0 spiro atoms. The van der Waals surface area contributed by atoms with Crippen LogP contribution >= 0.6 is 15.9 Å². The second-order valence-corrected chi connectivity index (χ2v) is 3.97. The Morgan fingerprint density at radius 2 is 2.20 bits per heavy atom. The molecule has 0 amide bonds. The van der Waals surface area contributed by atoms with Crippen LogP contribution in [0.4, 0.5) is 10.1 Å². The smallest absolute Gasteiger partial charge is 0.147 e. The van der Waals surface area contributed by atoms with Crippen LogP contribution in [0.1, 0.15) is 5.76 Å². The quantitative estimate of drug-likeness (QED) is 0.917. The topological polar surface area (TPSA) is 25.2 Å². The maximum atomic E-state index is 13.4. The van der Waals surface area contributed by atoms with Crippen molar-refractivity contribution in [3.8, 4) is 0 Å². The van der Waals surface area contributed by atoms with Gasteiger partial charge in [0.15, 0.2) is 0 Å². The molecule has 0 aliphatic carbocycles. The Hall–Kier alpha value is -1.29. The third kappa shape index (κ3) is 2.59. The number of rotatable bonds is 3. The lowest BCUT2D eigenvalue weighted by atomic mass is 10.3. The summed E-state index contributed by atoms with van der Waals surface area (Å²) in [6, 6.07) is 8.53. The van der Waals surface area contributed by atoms with Crippen LogP contribution in [0, 0.1) is 5.82 Å². The molecule has 2 rings (SSSR count). The van der Waals surface area contributed by atoms with E-state index in [-0.39, 0.29) is 5.82 Å². The van der Waals surface area contributed by atoms with Crippen LogP contribution in [-0.4, -0.2) is 0 Å². The minimum Gasteiger partial charge on any atom is -0.467 e. The zero-order valence-corrected chi connectivity index (χ0v) is 9.42. The molecule has 4 heteroatoms. The molecule has 1 N–H and O–H groups in total. The van der Waals surface area contributed by atoms with Gasteiger partial charge in [0.1, 0.15) is 11.6 Å². The van der Waals surface area contributed by atoms with E-state index in [0.717, 1.165) is 10.2 Å². The molecule has 15 heavy (non-hydrogen) atoms. The van der Waals surface area contributed by atoms with Crippen LogP contribution in [0.5, 0.6) is 0 Å². The van der Waals surface area contributed by atoms with Gasteiger partial charge < -0.3 is 9.73 Å². The van der Waals surface area contributed by atoms with Crippen molar-refractivity contribution < 1.29 is 8.81 Å². The Morgan fingerprint density at radius 1 is 1.33 bits per heavy atom. The van der Waals surface area contributed by atoms with E-state index in [1.54, 1.807) is 24.5 Å². The third-order valence-corrected chi connectivity index (χ3v) is 2.46. The Kier molecular flexibility index (Phi) is 3.06. The van der Waals surface area contributed by atoms with Gasteiger partial charge in [0.2, 0.25) is 0 Å². The summed E-state index contributed by atoms with van der Waals surface area (Å²) >= 11 is 3.20. The molecule has 78 valence electrons. The standard InChI is InChI=1S/C11H9BrFNO/c12-8-3-4-11(10(13)6-8)14-7-9-2-1-5-15-9/h1-6,14H,7H2. The van der Waals surface area contributed by atoms with Crippen molar-refractivity contribution >= 4 is 21.6 Å². The molecule has 1 aromatic carbocycles. The predicted octanol–water partition coefficient (Wildman–Crippen LogP) is 3.79. The highest BCUT2D eigenvalue weighted by Gasteiger charge is 2.02. The molecule has 0 saturated carbocycles. The zero-order valence-electron chi connectivity index (χ0n) is 7.84. The first-order chi connectivity index (χ1) is 7.25. The van der Waals surface area contributed by atoms with Gasteiger partial charge in [0.25, 0.3) is 0 Å². The van der Waals surface area contributed by atoms with E-state index >= 15 is 0 Å². The molecule has 0 saturated heterocycles. The lowest BCUT2D eigenvalue weighted by molar-refractivity contribution is 0.517. The van der Waals surface area contributed by atoms with Crippen LogP contribution in [-0.2, 0) is 6.54 Å². The number of furan rings is 1. The van der Waals surface area contributed by atoms with Gasteiger partial charge in [-0.3, -0.25) is 0 Å². The number of hydrogen-bond acceptors (Lipinski definition) is 2. The number of benzene rings is 1. The molecule has 1 heterocycles. The Morgan fingerprint density at radius 3 is 2.87 bits per heavy atom. The van der Waals surface area contributed by atoms with Crippen molar-refractivity contribution in [1.82, 2.24) is 0 Å². The summed E-state index contributed by atoms with van der Waals surface area (Å²) in [5, 5.41) is 2.95. The van der Waals surface area contributed by atoms with E-state index < -0.39 is 0 Å². The van der Waals surface area contributed by atoms with E-state index in [1.807, 2.05) is 6.07 Å². The first-order valence-electron chi connectivity index (χ1n) is 4.47. The summed E-state index contributed by atoms with van der Waals surface area (Å²) in [4.78, 5) is 0. The van der Waals surface area contributed by atoms with Gasteiger partial charge in [-0.15, -0.1) is 0 Å². The SMILES string of the molecule is Fc1cc(Br)ccc1NCc1ccco1. The fraction of sp³-hybridized carbons (Fsp3) is 0.0909. The maximum Gasteiger partial charge on any atom is 0.147 e. The summed E-state index contributed by atoms with van der Waals surface area (Å²) in [6.45, 7) is 0.478. The second kappa shape index (κ2) is 4.49. The van der Waals surface area contributed by atoms with Crippen LogP contribution in [0.3, 0.4) is 0 Å². The molecule has 2 aromatic rings.